The molecular weight excluding hydrogens is 260 g/mol. The molecule has 0 unspecified atom stereocenters. The summed E-state index contributed by atoms with van der Waals surface area (Å²) in [5.41, 5.74) is 1.79. The van der Waals surface area contributed by atoms with Gasteiger partial charge in [0.15, 0.2) is 0 Å². The van der Waals surface area contributed by atoms with Crippen LogP contribution in [0.2, 0.25) is 0 Å². The zero-order valence-electron chi connectivity index (χ0n) is 12.7. The lowest BCUT2D eigenvalue weighted by atomic mass is 9.81. The van der Waals surface area contributed by atoms with E-state index in [1.54, 1.807) is 0 Å². The lowest BCUT2D eigenvalue weighted by molar-refractivity contribution is 0.0951. The first-order valence-electron chi connectivity index (χ1n) is 8.08. The molecule has 1 aromatic heterocycles. The van der Waals surface area contributed by atoms with E-state index < -0.39 is 0 Å². The molecule has 1 saturated carbocycles. The van der Waals surface area contributed by atoms with Crippen molar-refractivity contribution in [1.82, 2.24) is 10.3 Å². The van der Waals surface area contributed by atoms with Crippen LogP contribution in [-0.2, 0) is 0 Å². The highest BCUT2D eigenvalue weighted by Crippen LogP contribution is 2.30. The molecule has 0 radical (unpaired) electrons. The van der Waals surface area contributed by atoms with E-state index in [4.69, 9.17) is 0 Å². The number of carbonyl (C=O) groups is 1. The van der Waals surface area contributed by atoms with Gasteiger partial charge in [0.1, 0.15) is 0 Å². The Morgan fingerprint density at radius 1 is 1.24 bits per heavy atom. The van der Waals surface area contributed by atoms with Crippen molar-refractivity contribution in [3.05, 3.63) is 36.0 Å². The molecule has 0 spiro atoms. The zero-order valence-corrected chi connectivity index (χ0v) is 12.7. The topological polar surface area (TPSA) is 44.9 Å². The predicted octanol–water partition coefficient (Wildman–Crippen LogP) is 4.11. The van der Waals surface area contributed by atoms with Crippen LogP contribution in [0.15, 0.2) is 30.5 Å². The highest BCUT2D eigenvalue weighted by atomic mass is 16.1. The van der Waals surface area contributed by atoms with E-state index in [9.17, 15) is 4.79 Å². The van der Waals surface area contributed by atoms with Gasteiger partial charge in [-0.3, -0.25) is 4.79 Å². The van der Waals surface area contributed by atoms with Gasteiger partial charge in [-0.1, -0.05) is 38.7 Å². The van der Waals surface area contributed by atoms with Crippen molar-refractivity contribution in [1.29, 1.82) is 0 Å². The molecule has 0 atom stereocenters. The minimum absolute atomic E-state index is 0.0457. The Kier molecular flexibility index (Phi) is 4.28. The van der Waals surface area contributed by atoms with Crippen molar-refractivity contribution < 1.29 is 4.79 Å². The molecule has 3 nitrogen and oxygen atoms in total. The standard InChI is InChI=1S/C18H24N2O/c1-13-5-7-14(8-6-13)9-11-20-18(21)16-3-2-4-17-15(16)10-12-19-17/h2-4,10,12-14,19H,5-9,11H2,1H3,(H,20,21). The van der Waals surface area contributed by atoms with Gasteiger partial charge in [-0.15, -0.1) is 0 Å². The van der Waals surface area contributed by atoms with E-state index in [-0.39, 0.29) is 5.91 Å². The number of rotatable bonds is 4. The normalized spacial score (nSPS) is 22.3. The number of hydrogen-bond acceptors (Lipinski definition) is 1. The molecule has 2 aromatic rings. The van der Waals surface area contributed by atoms with E-state index >= 15 is 0 Å². The lowest BCUT2D eigenvalue weighted by Crippen LogP contribution is -2.27. The maximum atomic E-state index is 12.3. The first-order chi connectivity index (χ1) is 10.2. The Hall–Kier alpha value is -1.77. The number of aromatic nitrogens is 1. The van der Waals surface area contributed by atoms with Gasteiger partial charge in [0.05, 0.1) is 0 Å². The number of aromatic amines is 1. The van der Waals surface area contributed by atoms with Crippen LogP contribution < -0.4 is 5.32 Å². The fraction of sp³-hybridized carbons (Fsp3) is 0.500. The summed E-state index contributed by atoms with van der Waals surface area (Å²) in [6, 6.07) is 7.78. The first-order valence-corrected chi connectivity index (χ1v) is 8.08. The molecule has 1 aliphatic rings. The van der Waals surface area contributed by atoms with Gasteiger partial charge >= 0.3 is 0 Å². The number of hydrogen-bond donors (Lipinski definition) is 2. The molecule has 112 valence electrons. The third-order valence-electron chi connectivity index (χ3n) is 4.81. The SMILES string of the molecule is CC1CCC(CCNC(=O)c2cccc3[nH]ccc23)CC1. The average Bonchev–Trinajstić information content (AvgIpc) is 2.97. The van der Waals surface area contributed by atoms with Crippen molar-refractivity contribution in [2.75, 3.05) is 6.54 Å². The van der Waals surface area contributed by atoms with E-state index in [1.165, 1.54) is 25.7 Å². The Labute approximate surface area is 126 Å². The zero-order chi connectivity index (χ0) is 14.7. The molecular formula is C18H24N2O. The molecule has 0 aliphatic heterocycles. The second-order valence-electron chi connectivity index (χ2n) is 6.41. The van der Waals surface area contributed by atoms with Crippen LogP contribution in [-0.4, -0.2) is 17.4 Å². The Balaban J connectivity index is 1.54. The maximum absolute atomic E-state index is 12.3. The maximum Gasteiger partial charge on any atom is 0.251 e. The number of H-pyrrole nitrogens is 1. The fourth-order valence-corrected chi connectivity index (χ4v) is 3.39. The third-order valence-corrected chi connectivity index (χ3v) is 4.81. The van der Waals surface area contributed by atoms with Crippen LogP contribution in [0.25, 0.3) is 10.9 Å². The Morgan fingerprint density at radius 2 is 2.05 bits per heavy atom. The Morgan fingerprint density at radius 3 is 2.86 bits per heavy atom. The summed E-state index contributed by atoms with van der Waals surface area (Å²) in [6.07, 6.45) is 8.34. The molecule has 1 aliphatic carbocycles. The molecule has 0 bridgehead atoms. The number of nitrogens with one attached hydrogen (secondary N) is 2. The molecule has 3 heteroatoms. The summed E-state index contributed by atoms with van der Waals surface area (Å²) >= 11 is 0. The second kappa shape index (κ2) is 6.33. The van der Waals surface area contributed by atoms with Gasteiger partial charge in [-0.25, -0.2) is 0 Å². The van der Waals surface area contributed by atoms with Gasteiger partial charge < -0.3 is 10.3 Å². The van der Waals surface area contributed by atoms with E-state index in [0.717, 1.165) is 41.3 Å². The van der Waals surface area contributed by atoms with Gasteiger partial charge in [0.25, 0.3) is 5.91 Å². The van der Waals surface area contributed by atoms with Gasteiger partial charge in [0.2, 0.25) is 0 Å². The summed E-state index contributed by atoms with van der Waals surface area (Å²) < 4.78 is 0. The van der Waals surface area contributed by atoms with Gasteiger partial charge in [0, 0.05) is 29.2 Å². The molecule has 3 rings (SSSR count). The van der Waals surface area contributed by atoms with E-state index in [1.807, 2.05) is 30.5 Å². The minimum atomic E-state index is 0.0457. The number of fused-ring (bicyclic) bond motifs is 1. The molecule has 2 N–H and O–H groups in total. The van der Waals surface area contributed by atoms with Crippen LogP contribution in [0.3, 0.4) is 0 Å². The number of amides is 1. The van der Waals surface area contributed by atoms with Crippen molar-refractivity contribution >= 4 is 16.8 Å². The minimum Gasteiger partial charge on any atom is -0.361 e. The molecule has 0 saturated heterocycles. The van der Waals surface area contributed by atoms with Crippen LogP contribution in [0, 0.1) is 11.8 Å². The first kappa shape index (κ1) is 14.2. The highest BCUT2D eigenvalue weighted by Gasteiger charge is 2.18. The summed E-state index contributed by atoms with van der Waals surface area (Å²) in [7, 11) is 0. The number of benzene rings is 1. The average molecular weight is 284 g/mol. The predicted molar refractivity (Wildman–Crippen MR) is 86.4 cm³/mol. The summed E-state index contributed by atoms with van der Waals surface area (Å²) in [5.74, 6) is 1.73. The lowest BCUT2D eigenvalue weighted by Gasteiger charge is -2.26. The summed E-state index contributed by atoms with van der Waals surface area (Å²) in [4.78, 5) is 15.5. The highest BCUT2D eigenvalue weighted by molar-refractivity contribution is 6.06. The van der Waals surface area contributed by atoms with Crippen molar-refractivity contribution in [3.8, 4) is 0 Å². The van der Waals surface area contributed by atoms with Crippen LogP contribution in [0.1, 0.15) is 49.4 Å². The molecule has 1 aromatic carbocycles. The van der Waals surface area contributed by atoms with Crippen LogP contribution >= 0.6 is 0 Å². The van der Waals surface area contributed by atoms with Crippen molar-refractivity contribution in [3.63, 3.8) is 0 Å². The molecule has 21 heavy (non-hydrogen) atoms. The van der Waals surface area contributed by atoms with Gasteiger partial charge in [-0.2, -0.15) is 0 Å². The van der Waals surface area contributed by atoms with Crippen LogP contribution in [0.4, 0.5) is 0 Å². The second-order valence-corrected chi connectivity index (χ2v) is 6.41. The van der Waals surface area contributed by atoms with Crippen molar-refractivity contribution in [2.45, 2.75) is 39.0 Å². The molecule has 1 amide bonds. The fourth-order valence-electron chi connectivity index (χ4n) is 3.39. The summed E-state index contributed by atoms with van der Waals surface area (Å²) in [6.45, 7) is 3.13. The third kappa shape index (κ3) is 3.29. The summed E-state index contributed by atoms with van der Waals surface area (Å²) in [5, 5.41) is 4.09. The van der Waals surface area contributed by atoms with Crippen LogP contribution in [0.5, 0.6) is 0 Å². The molecule has 1 heterocycles. The Bertz CT molecular complexity index is 608. The largest absolute Gasteiger partial charge is 0.361 e. The quantitative estimate of drug-likeness (QED) is 0.871. The monoisotopic (exact) mass is 284 g/mol. The smallest absolute Gasteiger partial charge is 0.251 e. The van der Waals surface area contributed by atoms with E-state index in [2.05, 4.69) is 17.2 Å². The number of carbonyl (C=O) groups excluding carboxylic acids is 1. The van der Waals surface area contributed by atoms with Crippen molar-refractivity contribution in [2.24, 2.45) is 11.8 Å². The van der Waals surface area contributed by atoms with E-state index in [0.29, 0.717) is 0 Å². The van der Waals surface area contributed by atoms with Gasteiger partial charge in [-0.05, 0) is 36.5 Å². The molecule has 1 fully saturated rings.